The largest absolute Gasteiger partial charge is 0.497 e. The van der Waals surface area contributed by atoms with Gasteiger partial charge in [-0.2, -0.15) is 0 Å². The van der Waals surface area contributed by atoms with Gasteiger partial charge in [-0.05, 0) is 43.9 Å². The number of hydrogen-bond acceptors (Lipinski definition) is 5. The molecule has 6 nitrogen and oxygen atoms in total. The predicted octanol–water partition coefficient (Wildman–Crippen LogP) is 4.15. The molecule has 0 saturated carbocycles. The Balaban J connectivity index is 1.67. The Bertz CT molecular complexity index is 921. The third kappa shape index (κ3) is 4.79. The number of carbonyl (C=O) groups is 1. The molecule has 0 aliphatic rings. The van der Waals surface area contributed by atoms with E-state index >= 15 is 0 Å². The Labute approximate surface area is 172 Å². The summed E-state index contributed by atoms with van der Waals surface area (Å²) in [6.07, 6.45) is 0. The maximum atomic E-state index is 12.5. The number of halogens is 1. The fourth-order valence-corrected chi connectivity index (χ4v) is 3.10. The van der Waals surface area contributed by atoms with Gasteiger partial charge >= 0.3 is 0 Å². The third-order valence-electron chi connectivity index (χ3n) is 4.45. The van der Waals surface area contributed by atoms with E-state index < -0.39 is 0 Å². The van der Waals surface area contributed by atoms with Gasteiger partial charge in [0.25, 0.3) is 5.91 Å². The molecule has 1 atom stereocenters. The van der Waals surface area contributed by atoms with E-state index in [1.54, 1.807) is 13.2 Å². The number of methoxy groups -OCH3 is 1. The van der Waals surface area contributed by atoms with E-state index in [1.165, 1.54) is 0 Å². The number of aromatic nitrogens is 1. The molecule has 1 aromatic heterocycles. The van der Waals surface area contributed by atoms with Crippen molar-refractivity contribution in [2.75, 3.05) is 27.7 Å². The normalized spacial score (nSPS) is 12.0. The Hall–Kier alpha value is -2.64. The monoisotopic (exact) mass is 443 g/mol. The molecule has 1 N–H and O–H groups in total. The number of carbonyl (C=O) groups excluding carboxylic acids is 1. The minimum Gasteiger partial charge on any atom is -0.497 e. The molecule has 3 aromatic rings. The van der Waals surface area contributed by atoms with Crippen LogP contribution in [0.3, 0.4) is 0 Å². The van der Waals surface area contributed by atoms with Gasteiger partial charge in [0, 0.05) is 22.6 Å². The van der Waals surface area contributed by atoms with E-state index in [1.807, 2.05) is 62.6 Å². The van der Waals surface area contributed by atoms with Crippen LogP contribution in [0.4, 0.5) is 0 Å². The van der Waals surface area contributed by atoms with Gasteiger partial charge in [-0.25, -0.2) is 0 Å². The van der Waals surface area contributed by atoms with Gasteiger partial charge in [0.05, 0.1) is 13.2 Å². The Kier molecular flexibility index (Phi) is 6.49. The van der Waals surface area contributed by atoms with E-state index in [2.05, 4.69) is 31.3 Å². The summed E-state index contributed by atoms with van der Waals surface area (Å²) in [6, 6.07) is 17.1. The van der Waals surface area contributed by atoms with Crippen molar-refractivity contribution in [3.63, 3.8) is 0 Å². The third-order valence-corrected chi connectivity index (χ3v) is 4.98. The molecular weight excluding hydrogens is 422 g/mol. The highest BCUT2D eigenvalue weighted by molar-refractivity contribution is 9.10. The molecule has 0 aliphatic carbocycles. The van der Waals surface area contributed by atoms with Gasteiger partial charge in [0.15, 0.2) is 11.5 Å². The molecule has 0 fully saturated rings. The average molecular weight is 444 g/mol. The molecule has 2 aromatic carbocycles. The van der Waals surface area contributed by atoms with Crippen LogP contribution in [0, 0.1) is 0 Å². The van der Waals surface area contributed by atoms with Crippen molar-refractivity contribution in [2.45, 2.75) is 6.04 Å². The second-order valence-corrected chi connectivity index (χ2v) is 7.46. The van der Waals surface area contributed by atoms with Crippen LogP contribution in [-0.4, -0.2) is 43.7 Å². The second-order valence-electron chi connectivity index (χ2n) is 6.55. The highest BCUT2D eigenvalue weighted by Gasteiger charge is 2.18. The number of nitrogens with one attached hydrogen (secondary N) is 1. The summed E-state index contributed by atoms with van der Waals surface area (Å²) < 4.78 is 11.5. The van der Waals surface area contributed by atoms with Crippen LogP contribution in [0.25, 0.3) is 11.3 Å². The van der Waals surface area contributed by atoms with Crippen molar-refractivity contribution < 1.29 is 14.1 Å². The summed E-state index contributed by atoms with van der Waals surface area (Å²) in [6.45, 7) is 0.443. The molecule has 0 saturated heterocycles. The molecule has 0 spiro atoms. The number of hydrogen-bond donors (Lipinski definition) is 1. The first-order valence-corrected chi connectivity index (χ1v) is 9.58. The fraction of sp³-hybridized carbons (Fsp3) is 0.238. The van der Waals surface area contributed by atoms with Gasteiger partial charge in [0.2, 0.25) is 0 Å². The van der Waals surface area contributed by atoms with Gasteiger partial charge in [0.1, 0.15) is 5.75 Å². The van der Waals surface area contributed by atoms with E-state index in [9.17, 15) is 4.79 Å². The summed E-state index contributed by atoms with van der Waals surface area (Å²) >= 11 is 3.40. The van der Waals surface area contributed by atoms with Gasteiger partial charge in [-0.15, -0.1) is 0 Å². The first kappa shape index (κ1) is 20.1. The standard InChI is InChI=1S/C21H22BrN3O3/c1-25(2)19(14-6-10-17(27-3)11-7-14)13-23-21(26)18-12-20(28-24-18)15-4-8-16(22)9-5-15/h4-12,19H,13H2,1-3H3,(H,23,26)/t19-/m1/s1. The molecule has 1 amide bonds. The van der Waals surface area contributed by atoms with Crippen LogP contribution in [0.15, 0.2) is 63.6 Å². The Morgan fingerprint density at radius 2 is 1.86 bits per heavy atom. The smallest absolute Gasteiger partial charge is 0.273 e. The van der Waals surface area contributed by atoms with E-state index in [0.29, 0.717) is 12.3 Å². The lowest BCUT2D eigenvalue weighted by molar-refractivity contribution is 0.0933. The Morgan fingerprint density at radius 1 is 1.18 bits per heavy atom. The van der Waals surface area contributed by atoms with Crippen LogP contribution in [0.2, 0.25) is 0 Å². The topological polar surface area (TPSA) is 67.6 Å². The molecule has 28 heavy (non-hydrogen) atoms. The number of amides is 1. The summed E-state index contributed by atoms with van der Waals surface area (Å²) in [5.41, 5.74) is 2.20. The highest BCUT2D eigenvalue weighted by atomic mass is 79.9. The minimum absolute atomic E-state index is 0.0210. The maximum Gasteiger partial charge on any atom is 0.273 e. The van der Waals surface area contributed by atoms with Crippen LogP contribution in [0.1, 0.15) is 22.1 Å². The van der Waals surface area contributed by atoms with Crippen molar-refractivity contribution >= 4 is 21.8 Å². The van der Waals surface area contributed by atoms with Crippen molar-refractivity contribution in [3.05, 3.63) is 70.3 Å². The van der Waals surface area contributed by atoms with Gasteiger partial charge in [-0.3, -0.25) is 4.79 Å². The number of ether oxygens (including phenoxy) is 1. The fourth-order valence-electron chi connectivity index (χ4n) is 2.84. The maximum absolute atomic E-state index is 12.5. The summed E-state index contributed by atoms with van der Waals surface area (Å²) in [5, 5.41) is 6.84. The molecule has 0 radical (unpaired) electrons. The van der Waals surface area contributed by atoms with Crippen LogP contribution >= 0.6 is 15.9 Å². The number of nitrogens with zero attached hydrogens (tertiary/aromatic N) is 2. The van der Waals surface area contributed by atoms with Crippen molar-refractivity contribution in [3.8, 4) is 17.1 Å². The lowest BCUT2D eigenvalue weighted by Crippen LogP contribution is -2.34. The minimum atomic E-state index is -0.271. The van der Waals surface area contributed by atoms with E-state index in [4.69, 9.17) is 9.26 Å². The van der Waals surface area contributed by atoms with Crippen molar-refractivity contribution in [1.82, 2.24) is 15.4 Å². The molecule has 7 heteroatoms. The molecule has 0 unspecified atom stereocenters. The second kappa shape index (κ2) is 9.03. The molecule has 0 bridgehead atoms. The number of likely N-dealkylation sites (N-methyl/N-ethyl adjacent to an activating group) is 1. The SMILES string of the molecule is COc1ccc([C@@H](CNC(=O)c2cc(-c3ccc(Br)cc3)on2)N(C)C)cc1. The van der Waals surface area contributed by atoms with Gasteiger partial charge < -0.3 is 19.5 Å². The molecule has 0 aliphatic heterocycles. The van der Waals surface area contributed by atoms with Crippen LogP contribution in [-0.2, 0) is 0 Å². The van der Waals surface area contributed by atoms with Crippen LogP contribution < -0.4 is 10.1 Å². The van der Waals surface area contributed by atoms with Gasteiger partial charge in [-0.1, -0.05) is 45.4 Å². The van der Waals surface area contributed by atoms with E-state index in [-0.39, 0.29) is 17.6 Å². The van der Waals surface area contributed by atoms with Crippen molar-refractivity contribution in [1.29, 1.82) is 0 Å². The Morgan fingerprint density at radius 3 is 2.46 bits per heavy atom. The zero-order valence-corrected chi connectivity index (χ0v) is 17.6. The molecule has 1 heterocycles. The van der Waals surface area contributed by atoms with Crippen LogP contribution in [0.5, 0.6) is 5.75 Å². The summed E-state index contributed by atoms with van der Waals surface area (Å²) in [4.78, 5) is 14.6. The van der Waals surface area contributed by atoms with E-state index in [0.717, 1.165) is 21.3 Å². The zero-order valence-electron chi connectivity index (χ0n) is 16.0. The lowest BCUT2D eigenvalue weighted by atomic mass is 10.1. The highest BCUT2D eigenvalue weighted by Crippen LogP contribution is 2.23. The lowest BCUT2D eigenvalue weighted by Gasteiger charge is -2.25. The summed E-state index contributed by atoms with van der Waals surface area (Å²) in [5.74, 6) is 1.08. The quantitative estimate of drug-likeness (QED) is 0.593. The number of benzene rings is 2. The zero-order chi connectivity index (χ0) is 20.1. The molecule has 146 valence electrons. The predicted molar refractivity (Wildman–Crippen MR) is 111 cm³/mol. The summed E-state index contributed by atoms with van der Waals surface area (Å²) in [7, 11) is 5.59. The average Bonchev–Trinajstić information content (AvgIpc) is 3.19. The first-order valence-electron chi connectivity index (χ1n) is 8.79. The number of rotatable bonds is 7. The molecular formula is C21H22BrN3O3. The van der Waals surface area contributed by atoms with Crippen molar-refractivity contribution in [2.24, 2.45) is 0 Å². The first-order chi connectivity index (χ1) is 13.5. The molecule has 3 rings (SSSR count).